The van der Waals surface area contributed by atoms with Crippen LogP contribution in [0.5, 0.6) is 0 Å². The zero-order chi connectivity index (χ0) is 17.7. The first-order chi connectivity index (χ1) is 10.6. The van der Waals surface area contributed by atoms with Crippen molar-refractivity contribution in [3.05, 3.63) is 36.4 Å². The average molecular weight is 379 g/mol. The van der Waals surface area contributed by atoms with Crippen LogP contribution in [0.25, 0.3) is 6.08 Å². The summed E-state index contributed by atoms with van der Waals surface area (Å²) in [6, 6.07) is 12.6. The van der Waals surface area contributed by atoms with E-state index in [1.54, 1.807) is 22.6 Å². The Morgan fingerprint density at radius 3 is 1.70 bits per heavy atom. The van der Waals surface area contributed by atoms with E-state index in [9.17, 15) is 0 Å². The Morgan fingerprint density at radius 2 is 1.35 bits per heavy atom. The number of hydrogen-bond acceptors (Lipinski definition) is 0. The minimum Gasteiger partial charge on any atom is -0.0985 e. The second-order valence-electron chi connectivity index (χ2n) is 9.36. The average Bonchev–Trinajstić information content (AvgIpc) is 2.43. The van der Waals surface area contributed by atoms with Crippen LogP contribution in [0.4, 0.5) is 0 Å². The van der Waals surface area contributed by atoms with Gasteiger partial charge in [-0.3, -0.25) is 0 Å². The minimum atomic E-state index is -1.32. The molecule has 0 N–H and O–H groups in total. The largest absolute Gasteiger partial charge is 0.0985 e. The fourth-order valence-electron chi connectivity index (χ4n) is 3.82. The van der Waals surface area contributed by atoms with Gasteiger partial charge in [0.25, 0.3) is 0 Å². The molecule has 1 aromatic rings. The van der Waals surface area contributed by atoms with Gasteiger partial charge in [0.15, 0.2) is 0 Å². The van der Waals surface area contributed by atoms with Crippen molar-refractivity contribution in [1.29, 1.82) is 0 Å². The molecule has 0 aliphatic heterocycles. The van der Waals surface area contributed by atoms with Gasteiger partial charge in [-0.15, -0.1) is 0 Å². The van der Waals surface area contributed by atoms with Crippen LogP contribution >= 0.6 is 0 Å². The van der Waals surface area contributed by atoms with E-state index in [4.69, 9.17) is 0 Å². The lowest BCUT2D eigenvalue weighted by Crippen LogP contribution is -2.53. The van der Waals surface area contributed by atoms with Crippen LogP contribution in [-0.4, -0.2) is 33.7 Å². The Balaban J connectivity index is 3.24. The van der Waals surface area contributed by atoms with Crippen LogP contribution in [0.3, 0.4) is 0 Å². The molecule has 0 fully saturated rings. The van der Waals surface area contributed by atoms with Gasteiger partial charge in [0, 0.05) is 25.7 Å². The van der Waals surface area contributed by atoms with Crippen molar-refractivity contribution >= 4 is 45.0 Å². The Hall–Kier alpha value is -0.172. The van der Waals surface area contributed by atoms with Crippen LogP contribution < -0.4 is 5.19 Å². The summed E-state index contributed by atoms with van der Waals surface area (Å²) in [5, 5.41) is 1.75. The summed E-state index contributed by atoms with van der Waals surface area (Å²) in [4.78, 5) is 0. The summed E-state index contributed by atoms with van der Waals surface area (Å²) in [6.07, 6.45) is 1.98. The van der Waals surface area contributed by atoms with Gasteiger partial charge in [0.1, 0.15) is 0 Å². The molecule has 0 atom stereocenters. The van der Waals surface area contributed by atoms with E-state index in [-0.39, 0.29) is 0 Å². The molecule has 0 saturated carbocycles. The highest BCUT2D eigenvalue weighted by molar-refractivity contribution is 7.04. The highest BCUT2D eigenvalue weighted by atomic mass is 28.4. The fraction of sp³-hybridized carbons (Fsp3) is 0.579. The molecule has 0 aliphatic carbocycles. The van der Waals surface area contributed by atoms with Gasteiger partial charge >= 0.3 is 0 Å². The van der Waals surface area contributed by atoms with Crippen molar-refractivity contribution in [2.75, 3.05) is 0 Å². The van der Waals surface area contributed by atoms with E-state index in [1.807, 2.05) is 6.08 Å². The molecular weight excluding hydrogens is 341 g/mol. The first-order valence-electron chi connectivity index (χ1n) is 9.31. The predicted octanol–water partition coefficient (Wildman–Crippen LogP) is 5.38. The number of hydrogen-bond donors (Lipinski definition) is 0. The number of benzene rings is 1. The quantitative estimate of drug-likeness (QED) is 0.506. The Labute approximate surface area is 150 Å². The molecule has 0 aliphatic rings. The maximum Gasteiger partial charge on any atom is 0.0808 e. The standard InChI is InChI=1S/C19H38Si4/c1-9-18-10-12-19(13-11-18)23(16-20(2)3,17-21(4)5)15-14-22(6,7)8/h9-13,20-21H,1,14-17H2,2-8H3. The van der Waals surface area contributed by atoms with E-state index >= 15 is 0 Å². The van der Waals surface area contributed by atoms with Gasteiger partial charge in [-0.1, -0.05) is 111 Å². The molecular formula is C19H38Si4. The van der Waals surface area contributed by atoms with Crippen LogP contribution in [0.1, 0.15) is 5.56 Å². The first-order valence-corrected chi connectivity index (χ1v) is 21.9. The van der Waals surface area contributed by atoms with Crippen LogP contribution in [-0.2, 0) is 0 Å². The second-order valence-corrected chi connectivity index (χ2v) is 27.5. The highest BCUT2D eigenvalue weighted by Crippen LogP contribution is 2.29. The van der Waals surface area contributed by atoms with Gasteiger partial charge < -0.3 is 0 Å². The smallest absolute Gasteiger partial charge is 0.0808 e. The highest BCUT2D eigenvalue weighted by Gasteiger charge is 2.37. The molecule has 4 heteroatoms. The fourth-order valence-corrected chi connectivity index (χ4v) is 28.1. The third-order valence-electron chi connectivity index (χ3n) is 4.71. The minimum absolute atomic E-state index is 0.550. The third kappa shape index (κ3) is 7.07. The second kappa shape index (κ2) is 8.79. The molecule has 0 heterocycles. The van der Waals surface area contributed by atoms with Crippen molar-refractivity contribution < 1.29 is 0 Å². The lowest BCUT2D eigenvalue weighted by molar-refractivity contribution is 1.26. The Bertz CT molecular complexity index is 473. The Morgan fingerprint density at radius 1 is 0.870 bits per heavy atom. The summed E-state index contributed by atoms with van der Waals surface area (Å²) < 4.78 is 0. The molecule has 130 valence electrons. The van der Waals surface area contributed by atoms with E-state index in [1.165, 1.54) is 11.6 Å². The normalized spacial score (nSPS) is 12.9. The molecule has 1 aromatic carbocycles. The summed E-state index contributed by atoms with van der Waals surface area (Å²) in [7, 11) is -3.39. The molecule has 0 saturated heterocycles. The molecule has 0 radical (unpaired) electrons. The lowest BCUT2D eigenvalue weighted by atomic mass is 10.2. The molecule has 0 bridgehead atoms. The van der Waals surface area contributed by atoms with Crippen molar-refractivity contribution in [1.82, 2.24) is 0 Å². The van der Waals surface area contributed by atoms with E-state index in [0.29, 0.717) is 0 Å². The van der Waals surface area contributed by atoms with Crippen molar-refractivity contribution in [3.8, 4) is 0 Å². The van der Waals surface area contributed by atoms with Crippen LogP contribution in [0, 0.1) is 0 Å². The van der Waals surface area contributed by atoms with E-state index in [2.05, 4.69) is 76.7 Å². The van der Waals surface area contributed by atoms with Gasteiger partial charge in [-0.05, 0) is 5.56 Å². The SMILES string of the molecule is C=Cc1ccc([Si](CC[Si](C)(C)C)(C[SiH](C)C)C[SiH](C)C)cc1. The molecule has 0 aromatic heterocycles. The lowest BCUT2D eigenvalue weighted by Gasteiger charge is -2.37. The first kappa shape index (κ1) is 20.9. The van der Waals surface area contributed by atoms with Crippen molar-refractivity contribution in [2.24, 2.45) is 0 Å². The summed E-state index contributed by atoms with van der Waals surface area (Å²) >= 11 is 0. The summed E-state index contributed by atoms with van der Waals surface area (Å²) in [5.41, 5.74) is 4.48. The van der Waals surface area contributed by atoms with Gasteiger partial charge in [-0.25, -0.2) is 0 Å². The van der Waals surface area contributed by atoms with Gasteiger partial charge in [0.05, 0.1) is 8.07 Å². The topological polar surface area (TPSA) is 0 Å². The molecule has 0 amide bonds. The summed E-state index contributed by atoms with van der Waals surface area (Å²) in [5.74, 6) is 0. The maximum absolute atomic E-state index is 3.92. The maximum atomic E-state index is 3.92. The molecule has 0 spiro atoms. The third-order valence-corrected chi connectivity index (χ3v) is 22.5. The zero-order valence-corrected chi connectivity index (χ0v) is 20.9. The van der Waals surface area contributed by atoms with Crippen LogP contribution in [0.2, 0.25) is 69.3 Å². The zero-order valence-electron chi connectivity index (χ0n) is 16.6. The molecule has 0 nitrogen and oxygen atoms in total. The molecule has 23 heavy (non-hydrogen) atoms. The van der Waals surface area contributed by atoms with Gasteiger partial charge in [-0.2, -0.15) is 0 Å². The van der Waals surface area contributed by atoms with Crippen molar-refractivity contribution in [2.45, 2.75) is 69.3 Å². The van der Waals surface area contributed by atoms with Crippen LogP contribution in [0.15, 0.2) is 30.8 Å². The van der Waals surface area contributed by atoms with Gasteiger partial charge in [0.2, 0.25) is 0 Å². The van der Waals surface area contributed by atoms with Crippen molar-refractivity contribution in [3.63, 3.8) is 0 Å². The number of rotatable bonds is 9. The van der Waals surface area contributed by atoms with E-state index in [0.717, 1.165) is 0 Å². The molecule has 0 unspecified atom stereocenters. The molecule has 1 rings (SSSR count). The van der Waals surface area contributed by atoms with E-state index < -0.39 is 33.7 Å². The Kier molecular flexibility index (Phi) is 7.97. The summed E-state index contributed by atoms with van der Waals surface area (Å²) in [6.45, 7) is 21.8. The monoisotopic (exact) mass is 378 g/mol. The predicted molar refractivity (Wildman–Crippen MR) is 122 cm³/mol.